The van der Waals surface area contributed by atoms with E-state index in [-0.39, 0.29) is 0 Å². The summed E-state index contributed by atoms with van der Waals surface area (Å²) in [6.07, 6.45) is 2.52. The minimum absolute atomic E-state index is 0.346. The average molecular weight is 213 g/mol. The highest BCUT2D eigenvalue weighted by molar-refractivity contribution is 5.33. The highest BCUT2D eigenvalue weighted by Gasteiger charge is 2.44. The number of hydrogen-bond donors (Lipinski definition) is 1. The maximum absolute atomic E-state index is 14.3. The van der Waals surface area contributed by atoms with Gasteiger partial charge in [0, 0.05) is 19.6 Å². The first kappa shape index (κ1) is 10.4. The molecule has 0 saturated carbocycles. The zero-order valence-corrected chi connectivity index (χ0v) is 9.09. The van der Waals surface area contributed by atoms with Crippen LogP contribution in [0.3, 0.4) is 0 Å². The van der Waals surface area contributed by atoms with E-state index in [2.05, 4.69) is 10.4 Å². The zero-order chi connectivity index (χ0) is 10.9. The van der Waals surface area contributed by atoms with Crippen LogP contribution < -0.4 is 10.1 Å². The summed E-state index contributed by atoms with van der Waals surface area (Å²) in [4.78, 5) is 0. The van der Waals surface area contributed by atoms with Crippen LogP contribution in [0.4, 0.5) is 4.39 Å². The summed E-state index contributed by atoms with van der Waals surface area (Å²) in [5, 5.41) is 7.09. The Morgan fingerprint density at radius 3 is 2.87 bits per heavy atom. The fourth-order valence-corrected chi connectivity index (χ4v) is 1.86. The van der Waals surface area contributed by atoms with Crippen LogP contribution in [0, 0.1) is 0 Å². The molecule has 2 heterocycles. The lowest BCUT2D eigenvalue weighted by Gasteiger charge is -2.35. The Morgan fingerprint density at radius 1 is 1.67 bits per heavy atom. The molecule has 1 saturated heterocycles. The summed E-state index contributed by atoms with van der Waals surface area (Å²) in [6.45, 7) is 3.46. The monoisotopic (exact) mass is 213 g/mol. The van der Waals surface area contributed by atoms with E-state index in [1.165, 1.54) is 0 Å². The van der Waals surface area contributed by atoms with E-state index in [4.69, 9.17) is 4.74 Å². The minimum Gasteiger partial charge on any atom is -0.493 e. The van der Waals surface area contributed by atoms with Crippen molar-refractivity contribution in [3.63, 3.8) is 0 Å². The molecule has 0 radical (unpaired) electrons. The second-order valence-electron chi connectivity index (χ2n) is 3.85. The summed E-state index contributed by atoms with van der Waals surface area (Å²) in [7, 11) is 1.55. The first-order valence-corrected chi connectivity index (χ1v) is 5.21. The standard InChI is InChI=1S/C10H16FN3O/c1-3-4-14-9(8(15-2)5-13-14)10(11)6-12-7-10/h5,12H,3-4,6-7H2,1-2H3. The molecule has 1 fully saturated rings. The van der Waals surface area contributed by atoms with Gasteiger partial charge in [0.2, 0.25) is 0 Å². The third kappa shape index (κ3) is 1.61. The third-order valence-corrected chi connectivity index (χ3v) is 2.70. The van der Waals surface area contributed by atoms with Gasteiger partial charge in [-0.15, -0.1) is 0 Å². The number of alkyl halides is 1. The predicted octanol–water partition coefficient (Wildman–Crippen LogP) is 1.07. The van der Waals surface area contributed by atoms with E-state index >= 15 is 0 Å². The van der Waals surface area contributed by atoms with Crippen LogP contribution in [-0.2, 0) is 12.2 Å². The van der Waals surface area contributed by atoms with E-state index in [9.17, 15) is 4.39 Å². The van der Waals surface area contributed by atoms with E-state index in [0.717, 1.165) is 13.0 Å². The van der Waals surface area contributed by atoms with Gasteiger partial charge in [-0.25, -0.2) is 4.39 Å². The van der Waals surface area contributed by atoms with E-state index in [0.29, 0.717) is 24.5 Å². The molecule has 1 aliphatic rings. The molecule has 1 aromatic heterocycles. The summed E-state index contributed by atoms with van der Waals surface area (Å²) < 4.78 is 21.2. The average Bonchev–Trinajstić information content (AvgIpc) is 2.58. The van der Waals surface area contributed by atoms with E-state index in [1.54, 1.807) is 18.0 Å². The Hall–Kier alpha value is -1.10. The van der Waals surface area contributed by atoms with Gasteiger partial charge in [-0.3, -0.25) is 4.68 Å². The molecular weight excluding hydrogens is 197 g/mol. The second-order valence-corrected chi connectivity index (χ2v) is 3.85. The second kappa shape index (κ2) is 3.81. The van der Waals surface area contributed by atoms with Crippen LogP contribution in [0.15, 0.2) is 6.20 Å². The largest absolute Gasteiger partial charge is 0.493 e. The van der Waals surface area contributed by atoms with Crippen molar-refractivity contribution in [2.45, 2.75) is 25.6 Å². The smallest absolute Gasteiger partial charge is 0.180 e. The number of ether oxygens (including phenoxy) is 1. The van der Waals surface area contributed by atoms with Crippen molar-refractivity contribution in [2.75, 3.05) is 20.2 Å². The lowest BCUT2D eigenvalue weighted by molar-refractivity contribution is 0.0746. The Balaban J connectivity index is 2.36. The lowest BCUT2D eigenvalue weighted by atomic mass is 9.94. The summed E-state index contributed by atoms with van der Waals surface area (Å²) in [5.41, 5.74) is -0.734. The Labute approximate surface area is 88.4 Å². The number of nitrogens with one attached hydrogen (secondary N) is 1. The number of halogens is 1. The molecule has 1 aliphatic heterocycles. The number of nitrogens with zero attached hydrogens (tertiary/aromatic N) is 2. The van der Waals surface area contributed by atoms with Gasteiger partial charge in [0.1, 0.15) is 5.69 Å². The number of methoxy groups -OCH3 is 1. The maximum atomic E-state index is 14.3. The molecule has 0 bridgehead atoms. The van der Waals surface area contributed by atoms with Crippen molar-refractivity contribution in [3.8, 4) is 5.75 Å². The van der Waals surface area contributed by atoms with Crippen LogP contribution in [0.5, 0.6) is 5.75 Å². The molecule has 0 unspecified atom stereocenters. The highest BCUT2D eigenvalue weighted by atomic mass is 19.1. The fraction of sp³-hybridized carbons (Fsp3) is 0.700. The topological polar surface area (TPSA) is 39.1 Å². The van der Waals surface area contributed by atoms with Gasteiger partial charge in [0.15, 0.2) is 11.4 Å². The van der Waals surface area contributed by atoms with Gasteiger partial charge < -0.3 is 10.1 Å². The van der Waals surface area contributed by atoms with Gasteiger partial charge in [0.05, 0.1) is 13.3 Å². The molecule has 1 aromatic rings. The molecule has 1 N–H and O–H groups in total. The van der Waals surface area contributed by atoms with Crippen molar-refractivity contribution in [1.29, 1.82) is 0 Å². The van der Waals surface area contributed by atoms with Crippen molar-refractivity contribution in [1.82, 2.24) is 15.1 Å². The molecule has 0 aromatic carbocycles. The van der Waals surface area contributed by atoms with E-state index < -0.39 is 5.67 Å². The van der Waals surface area contributed by atoms with Crippen molar-refractivity contribution < 1.29 is 9.13 Å². The number of rotatable bonds is 4. The highest BCUT2D eigenvalue weighted by Crippen LogP contribution is 2.36. The fourth-order valence-electron chi connectivity index (χ4n) is 1.86. The molecule has 0 spiro atoms. The van der Waals surface area contributed by atoms with Crippen LogP contribution in [0.1, 0.15) is 19.0 Å². The summed E-state index contributed by atoms with van der Waals surface area (Å²) in [6, 6.07) is 0. The van der Waals surface area contributed by atoms with Crippen molar-refractivity contribution in [3.05, 3.63) is 11.9 Å². The van der Waals surface area contributed by atoms with Gasteiger partial charge in [0.25, 0.3) is 0 Å². The van der Waals surface area contributed by atoms with Crippen LogP contribution in [0.2, 0.25) is 0 Å². The molecule has 2 rings (SSSR count). The molecule has 0 amide bonds. The SMILES string of the molecule is CCCn1ncc(OC)c1C1(F)CNC1. The normalized spacial score (nSPS) is 18.6. The number of hydrogen-bond acceptors (Lipinski definition) is 3. The molecule has 0 atom stereocenters. The predicted molar refractivity (Wildman–Crippen MR) is 54.7 cm³/mol. The van der Waals surface area contributed by atoms with Crippen LogP contribution in [0.25, 0.3) is 0 Å². The lowest BCUT2D eigenvalue weighted by Crippen LogP contribution is -2.54. The zero-order valence-electron chi connectivity index (χ0n) is 9.09. The summed E-state index contributed by atoms with van der Waals surface area (Å²) >= 11 is 0. The Kier molecular flexibility index (Phi) is 2.65. The molecule has 84 valence electrons. The third-order valence-electron chi connectivity index (χ3n) is 2.70. The molecular formula is C10H16FN3O. The maximum Gasteiger partial charge on any atom is 0.180 e. The first-order valence-electron chi connectivity index (χ1n) is 5.21. The van der Waals surface area contributed by atoms with Gasteiger partial charge in [-0.1, -0.05) is 6.92 Å². The van der Waals surface area contributed by atoms with Gasteiger partial charge >= 0.3 is 0 Å². The first-order chi connectivity index (χ1) is 7.21. The molecule has 4 nitrogen and oxygen atoms in total. The van der Waals surface area contributed by atoms with Crippen molar-refractivity contribution in [2.24, 2.45) is 0 Å². The Bertz CT molecular complexity index is 346. The number of aromatic nitrogens is 2. The molecule has 5 heteroatoms. The molecule has 15 heavy (non-hydrogen) atoms. The number of aryl methyl sites for hydroxylation is 1. The molecule has 0 aliphatic carbocycles. The Morgan fingerprint density at radius 2 is 2.40 bits per heavy atom. The van der Waals surface area contributed by atoms with Crippen LogP contribution >= 0.6 is 0 Å². The quantitative estimate of drug-likeness (QED) is 0.813. The van der Waals surface area contributed by atoms with Crippen LogP contribution in [-0.4, -0.2) is 30.0 Å². The van der Waals surface area contributed by atoms with Gasteiger partial charge in [-0.05, 0) is 6.42 Å². The van der Waals surface area contributed by atoms with E-state index in [1.807, 2.05) is 6.92 Å². The minimum atomic E-state index is -1.31. The summed E-state index contributed by atoms with van der Waals surface area (Å²) in [5.74, 6) is 0.549. The van der Waals surface area contributed by atoms with Gasteiger partial charge in [-0.2, -0.15) is 5.10 Å². The van der Waals surface area contributed by atoms with Crippen molar-refractivity contribution >= 4 is 0 Å².